The van der Waals surface area contributed by atoms with Crippen molar-refractivity contribution in [1.29, 1.82) is 0 Å². The molecule has 0 radical (unpaired) electrons. The molecule has 31 heavy (non-hydrogen) atoms. The molecule has 6 heteroatoms. The van der Waals surface area contributed by atoms with E-state index in [2.05, 4.69) is 0 Å². The van der Waals surface area contributed by atoms with Crippen molar-refractivity contribution in [2.75, 3.05) is 6.54 Å². The highest BCUT2D eigenvalue weighted by atomic mass is 35.5. The van der Waals surface area contributed by atoms with Gasteiger partial charge in [0.2, 0.25) is 5.91 Å². The summed E-state index contributed by atoms with van der Waals surface area (Å²) in [5.41, 5.74) is 3.48. The van der Waals surface area contributed by atoms with Crippen LogP contribution in [-0.4, -0.2) is 40.2 Å². The Kier molecular flexibility index (Phi) is 7.33. The van der Waals surface area contributed by atoms with Crippen LogP contribution < -0.4 is 0 Å². The second-order valence-electron chi connectivity index (χ2n) is 8.66. The summed E-state index contributed by atoms with van der Waals surface area (Å²) in [7, 11) is 0. The first-order valence-electron chi connectivity index (χ1n) is 10.8. The zero-order chi connectivity index (χ0) is 22.9. The summed E-state index contributed by atoms with van der Waals surface area (Å²) in [5, 5.41) is 1.00. The van der Waals surface area contributed by atoms with E-state index in [1.54, 1.807) is 18.2 Å². The first kappa shape index (κ1) is 23.6. The van der Waals surface area contributed by atoms with E-state index >= 15 is 0 Å². The maximum absolute atomic E-state index is 13.4. The van der Waals surface area contributed by atoms with E-state index in [0.717, 1.165) is 16.7 Å². The van der Waals surface area contributed by atoms with Crippen LogP contribution in [0.15, 0.2) is 36.4 Å². The van der Waals surface area contributed by atoms with Gasteiger partial charge in [-0.25, -0.2) is 0 Å². The van der Waals surface area contributed by atoms with Crippen LogP contribution in [0.25, 0.3) is 0 Å². The van der Waals surface area contributed by atoms with Crippen LogP contribution in [-0.2, 0) is 17.6 Å². The molecule has 2 aromatic rings. The largest absolute Gasteiger partial charge is 0.335 e. The smallest absolute Gasteiger partial charge is 0.254 e. The number of benzene rings is 2. The number of rotatable bonds is 5. The molecule has 2 aromatic carbocycles. The third-order valence-corrected chi connectivity index (χ3v) is 6.73. The molecule has 0 saturated heterocycles. The zero-order valence-corrected chi connectivity index (χ0v) is 20.3. The van der Waals surface area contributed by atoms with Gasteiger partial charge in [0.25, 0.3) is 5.91 Å². The van der Waals surface area contributed by atoms with Gasteiger partial charge in [0.1, 0.15) is 0 Å². The lowest BCUT2D eigenvalue weighted by Gasteiger charge is -2.37. The molecule has 3 rings (SSSR count). The van der Waals surface area contributed by atoms with Gasteiger partial charge in [-0.1, -0.05) is 41.4 Å². The van der Waals surface area contributed by atoms with E-state index in [-0.39, 0.29) is 36.4 Å². The molecule has 0 N–H and O–H groups in total. The van der Waals surface area contributed by atoms with Crippen LogP contribution in [0, 0.1) is 0 Å². The molecule has 1 aliphatic heterocycles. The van der Waals surface area contributed by atoms with Crippen molar-refractivity contribution in [3.8, 4) is 0 Å². The van der Waals surface area contributed by atoms with E-state index in [0.29, 0.717) is 28.6 Å². The van der Waals surface area contributed by atoms with Crippen molar-refractivity contribution in [2.45, 2.75) is 65.6 Å². The number of nitrogens with zero attached hydrogens (tertiary/aromatic N) is 2. The number of carbonyl (C=O) groups excluding carboxylic acids is 2. The van der Waals surface area contributed by atoms with Crippen LogP contribution in [0.5, 0.6) is 0 Å². The second kappa shape index (κ2) is 9.62. The molecular weight excluding hydrogens is 431 g/mol. The summed E-state index contributed by atoms with van der Waals surface area (Å²) in [6.45, 7) is 10.7. The van der Waals surface area contributed by atoms with Crippen LogP contribution in [0.3, 0.4) is 0 Å². The molecule has 1 heterocycles. The number of amides is 2. The number of halogens is 2. The maximum Gasteiger partial charge on any atom is 0.254 e. The van der Waals surface area contributed by atoms with Crippen LogP contribution in [0.1, 0.15) is 67.7 Å². The molecule has 0 spiro atoms. The first-order chi connectivity index (χ1) is 14.6. The highest BCUT2D eigenvalue weighted by molar-refractivity contribution is 6.36. The Labute approximate surface area is 195 Å². The Morgan fingerprint density at radius 1 is 1.03 bits per heavy atom. The van der Waals surface area contributed by atoms with E-state index in [1.807, 2.05) is 62.6 Å². The summed E-state index contributed by atoms with van der Waals surface area (Å²) < 4.78 is 0. The lowest BCUT2D eigenvalue weighted by Crippen LogP contribution is -2.44. The summed E-state index contributed by atoms with van der Waals surface area (Å²) in [6.07, 6.45) is 0.804. The number of hydrogen-bond acceptors (Lipinski definition) is 2. The van der Waals surface area contributed by atoms with Gasteiger partial charge >= 0.3 is 0 Å². The van der Waals surface area contributed by atoms with Crippen molar-refractivity contribution in [3.63, 3.8) is 0 Å². The standard InChI is InChI=1S/C25H30Cl2N2O2/c1-15(2)29(16(3)4)25(31)20-9-6-8-18-17(5)28(13-12-19(18)20)24(30)14-21-22(26)10-7-11-23(21)27/h6-11,15-17H,12-14H2,1-5H3/t17-/m0/s1. The monoisotopic (exact) mass is 460 g/mol. The van der Waals surface area contributed by atoms with Crippen molar-refractivity contribution >= 4 is 35.0 Å². The molecule has 0 aliphatic carbocycles. The first-order valence-corrected chi connectivity index (χ1v) is 11.6. The fraction of sp³-hybridized carbons (Fsp3) is 0.440. The molecule has 1 aliphatic rings. The van der Waals surface area contributed by atoms with Crippen molar-refractivity contribution in [3.05, 3.63) is 68.7 Å². The summed E-state index contributed by atoms with van der Waals surface area (Å²) in [4.78, 5) is 30.3. The molecule has 0 saturated carbocycles. The quantitative estimate of drug-likeness (QED) is 0.553. The predicted molar refractivity (Wildman–Crippen MR) is 127 cm³/mol. The van der Waals surface area contributed by atoms with E-state index < -0.39 is 0 Å². The third-order valence-electron chi connectivity index (χ3n) is 6.02. The van der Waals surface area contributed by atoms with E-state index in [4.69, 9.17) is 23.2 Å². The topological polar surface area (TPSA) is 40.6 Å². The van der Waals surface area contributed by atoms with Gasteiger partial charge in [0.15, 0.2) is 0 Å². The van der Waals surface area contributed by atoms with Gasteiger partial charge in [0.05, 0.1) is 12.5 Å². The third kappa shape index (κ3) is 4.75. The number of hydrogen-bond donors (Lipinski definition) is 0. The minimum absolute atomic E-state index is 0.0177. The zero-order valence-electron chi connectivity index (χ0n) is 18.8. The highest BCUT2D eigenvalue weighted by Gasteiger charge is 2.32. The lowest BCUT2D eigenvalue weighted by molar-refractivity contribution is -0.133. The molecule has 1 atom stereocenters. The Morgan fingerprint density at radius 3 is 2.19 bits per heavy atom. The normalized spacial score (nSPS) is 15.9. The predicted octanol–water partition coefficient (Wildman–Crippen LogP) is 5.94. The average molecular weight is 461 g/mol. The van der Waals surface area contributed by atoms with Gasteiger partial charge in [0, 0.05) is 34.2 Å². The minimum Gasteiger partial charge on any atom is -0.335 e. The van der Waals surface area contributed by atoms with Crippen LogP contribution in [0.2, 0.25) is 10.0 Å². The number of carbonyl (C=O) groups is 2. The highest BCUT2D eigenvalue weighted by Crippen LogP contribution is 2.34. The SMILES string of the molecule is CC(C)N(C(=O)c1cccc2c1CCN(C(=O)Cc1c(Cl)cccc1Cl)[C@H]2C)C(C)C. The molecule has 0 unspecified atom stereocenters. The Bertz CT molecular complexity index is 959. The molecule has 4 nitrogen and oxygen atoms in total. The summed E-state index contributed by atoms with van der Waals surface area (Å²) in [6, 6.07) is 11.2. The minimum atomic E-state index is -0.128. The van der Waals surface area contributed by atoms with E-state index in [1.165, 1.54) is 0 Å². The molecule has 0 bridgehead atoms. The molecular formula is C25H30Cl2N2O2. The average Bonchev–Trinajstić information content (AvgIpc) is 2.70. The second-order valence-corrected chi connectivity index (χ2v) is 9.48. The number of fused-ring (bicyclic) bond motifs is 1. The van der Waals surface area contributed by atoms with Crippen molar-refractivity contribution in [2.24, 2.45) is 0 Å². The molecule has 0 aromatic heterocycles. The fourth-order valence-electron chi connectivity index (χ4n) is 4.57. The Morgan fingerprint density at radius 2 is 1.61 bits per heavy atom. The molecule has 2 amide bonds. The van der Waals surface area contributed by atoms with Gasteiger partial charge < -0.3 is 9.80 Å². The van der Waals surface area contributed by atoms with Crippen LogP contribution in [0.4, 0.5) is 0 Å². The fourth-order valence-corrected chi connectivity index (χ4v) is 5.10. The Hall–Kier alpha value is -2.04. The lowest BCUT2D eigenvalue weighted by atomic mass is 9.88. The van der Waals surface area contributed by atoms with E-state index in [9.17, 15) is 9.59 Å². The Balaban J connectivity index is 1.88. The van der Waals surface area contributed by atoms with Gasteiger partial charge in [-0.05, 0) is 75.9 Å². The van der Waals surface area contributed by atoms with Crippen molar-refractivity contribution in [1.82, 2.24) is 9.80 Å². The van der Waals surface area contributed by atoms with Crippen LogP contribution >= 0.6 is 23.2 Å². The van der Waals surface area contributed by atoms with Crippen molar-refractivity contribution < 1.29 is 9.59 Å². The summed E-state index contributed by atoms with van der Waals surface area (Å²) >= 11 is 12.5. The maximum atomic E-state index is 13.4. The van der Waals surface area contributed by atoms with Gasteiger partial charge in [-0.3, -0.25) is 9.59 Å². The van der Waals surface area contributed by atoms with Gasteiger partial charge in [-0.2, -0.15) is 0 Å². The molecule has 166 valence electrons. The molecule has 0 fully saturated rings. The van der Waals surface area contributed by atoms with Gasteiger partial charge in [-0.15, -0.1) is 0 Å². The summed E-state index contributed by atoms with van der Waals surface area (Å²) in [5.74, 6) is 0.0348.